The van der Waals surface area contributed by atoms with Crippen molar-refractivity contribution in [3.63, 3.8) is 0 Å². The van der Waals surface area contributed by atoms with E-state index in [4.69, 9.17) is 9.47 Å². The van der Waals surface area contributed by atoms with Gasteiger partial charge in [0.2, 0.25) is 5.91 Å². The van der Waals surface area contributed by atoms with Crippen LogP contribution in [-0.2, 0) is 22.6 Å². The molecule has 0 aliphatic carbocycles. The van der Waals surface area contributed by atoms with Crippen LogP contribution in [0.4, 0.5) is 10.6 Å². The average Bonchev–Trinajstić information content (AvgIpc) is 2.79. The van der Waals surface area contributed by atoms with Crippen LogP contribution in [0.5, 0.6) is 5.75 Å². The fraction of sp³-hybridized carbons (Fsp3) is 0.360. The molecule has 0 aliphatic heterocycles. The quantitative estimate of drug-likeness (QED) is 0.464. The van der Waals surface area contributed by atoms with Crippen molar-refractivity contribution in [1.29, 1.82) is 0 Å². The number of ether oxygens (including phenoxy) is 2. The minimum absolute atomic E-state index is 0.112. The summed E-state index contributed by atoms with van der Waals surface area (Å²) in [6.45, 7) is 7.54. The molecule has 34 heavy (non-hydrogen) atoms. The molecule has 0 saturated heterocycles. The van der Waals surface area contributed by atoms with E-state index in [1.807, 2.05) is 48.5 Å². The van der Waals surface area contributed by atoms with E-state index in [2.05, 4.69) is 25.9 Å². The number of nitrogens with zero attached hydrogens (tertiary/aromatic N) is 2. The van der Waals surface area contributed by atoms with Crippen LogP contribution < -0.4 is 20.7 Å². The van der Waals surface area contributed by atoms with Crippen LogP contribution in [0.2, 0.25) is 0 Å². The Balaban J connectivity index is 1.67. The predicted molar refractivity (Wildman–Crippen MR) is 131 cm³/mol. The van der Waals surface area contributed by atoms with Gasteiger partial charge in [0.05, 0.1) is 19.2 Å². The number of hydrogen-bond acceptors (Lipinski definition) is 7. The second kappa shape index (κ2) is 10.8. The zero-order valence-electron chi connectivity index (χ0n) is 20.1. The number of alkyl carbamates (subject to hydrolysis) is 1. The van der Waals surface area contributed by atoms with E-state index >= 15 is 0 Å². The maximum atomic E-state index is 12.5. The van der Waals surface area contributed by atoms with Crippen molar-refractivity contribution in [2.45, 2.75) is 52.4 Å². The summed E-state index contributed by atoms with van der Waals surface area (Å²) < 4.78 is 10.4. The Morgan fingerprint density at radius 3 is 2.38 bits per heavy atom. The number of aromatic nitrogens is 2. The SMILES string of the molecule is COc1ccc(CNc2nc(CNC(=O)C(C)NC(=O)OC(C)(C)C)nc3ccccc23)cc1. The third-order valence-corrected chi connectivity index (χ3v) is 4.82. The van der Waals surface area contributed by atoms with Crippen molar-refractivity contribution in [3.05, 3.63) is 59.9 Å². The molecular weight excluding hydrogens is 434 g/mol. The number of methoxy groups -OCH3 is 1. The van der Waals surface area contributed by atoms with Gasteiger partial charge in [-0.15, -0.1) is 0 Å². The molecule has 1 unspecified atom stereocenters. The molecule has 180 valence electrons. The van der Waals surface area contributed by atoms with E-state index in [0.29, 0.717) is 18.2 Å². The van der Waals surface area contributed by atoms with Gasteiger partial charge in [-0.25, -0.2) is 14.8 Å². The maximum absolute atomic E-state index is 12.5. The number of hydrogen-bond donors (Lipinski definition) is 3. The van der Waals surface area contributed by atoms with Gasteiger partial charge >= 0.3 is 6.09 Å². The largest absolute Gasteiger partial charge is 0.497 e. The third kappa shape index (κ3) is 7.06. The Bertz CT molecular complexity index is 1140. The van der Waals surface area contributed by atoms with Crippen LogP contribution in [0, 0.1) is 0 Å². The van der Waals surface area contributed by atoms with E-state index in [1.54, 1.807) is 34.8 Å². The highest BCUT2D eigenvalue weighted by Gasteiger charge is 2.21. The second-order valence-corrected chi connectivity index (χ2v) is 8.79. The lowest BCUT2D eigenvalue weighted by Gasteiger charge is -2.21. The Morgan fingerprint density at radius 1 is 1.00 bits per heavy atom. The fourth-order valence-electron chi connectivity index (χ4n) is 3.14. The molecule has 3 aromatic rings. The minimum Gasteiger partial charge on any atom is -0.497 e. The molecule has 9 nitrogen and oxygen atoms in total. The Kier molecular flexibility index (Phi) is 7.88. The lowest BCUT2D eigenvalue weighted by atomic mass is 10.2. The summed E-state index contributed by atoms with van der Waals surface area (Å²) in [6, 6.07) is 14.7. The number of rotatable bonds is 8. The average molecular weight is 466 g/mol. The molecule has 2 amide bonds. The lowest BCUT2D eigenvalue weighted by molar-refractivity contribution is -0.123. The van der Waals surface area contributed by atoms with Crippen LogP contribution >= 0.6 is 0 Å². The van der Waals surface area contributed by atoms with E-state index in [0.717, 1.165) is 22.2 Å². The maximum Gasteiger partial charge on any atom is 0.408 e. The first-order valence-corrected chi connectivity index (χ1v) is 11.0. The molecule has 0 spiro atoms. The summed E-state index contributed by atoms with van der Waals surface area (Å²) in [5, 5.41) is 9.54. The minimum atomic E-state index is -0.775. The van der Waals surface area contributed by atoms with Crippen molar-refractivity contribution >= 4 is 28.7 Å². The summed E-state index contributed by atoms with van der Waals surface area (Å²) in [7, 11) is 1.63. The molecule has 0 radical (unpaired) electrons. The van der Waals surface area contributed by atoms with Gasteiger partial charge in [-0.1, -0.05) is 24.3 Å². The number of para-hydroxylation sites is 1. The topological polar surface area (TPSA) is 114 Å². The summed E-state index contributed by atoms with van der Waals surface area (Å²) in [5.74, 6) is 1.55. The zero-order chi connectivity index (χ0) is 24.7. The molecule has 0 aliphatic rings. The molecule has 0 bridgehead atoms. The lowest BCUT2D eigenvalue weighted by Crippen LogP contribution is -2.46. The molecule has 3 rings (SSSR count). The molecule has 1 aromatic heterocycles. The van der Waals surface area contributed by atoms with Crippen LogP contribution in [0.3, 0.4) is 0 Å². The van der Waals surface area contributed by atoms with Crippen molar-refractivity contribution in [2.24, 2.45) is 0 Å². The molecule has 1 heterocycles. The van der Waals surface area contributed by atoms with Crippen LogP contribution in [0.25, 0.3) is 10.9 Å². The molecule has 2 aromatic carbocycles. The Labute approximate surface area is 199 Å². The number of nitrogens with one attached hydrogen (secondary N) is 3. The van der Waals surface area contributed by atoms with Gasteiger partial charge in [0, 0.05) is 11.9 Å². The molecule has 0 fully saturated rings. The van der Waals surface area contributed by atoms with Gasteiger partial charge in [-0.05, 0) is 57.5 Å². The van der Waals surface area contributed by atoms with Crippen LogP contribution in [0.15, 0.2) is 48.5 Å². The first-order valence-electron chi connectivity index (χ1n) is 11.0. The normalized spacial score (nSPS) is 12.0. The Hall–Kier alpha value is -3.88. The smallest absolute Gasteiger partial charge is 0.408 e. The van der Waals surface area contributed by atoms with Crippen LogP contribution in [0.1, 0.15) is 39.1 Å². The number of carbonyl (C=O) groups excluding carboxylic acids is 2. The standard InChI is InChI=1S/C25H31N5O4/c1-16(28-24(32)34-25(2,3)4)23(31)27-15-21-29-20-9-7-6-8-19(20)22(30-21)26-14-17-10-12-18(33-5)13-11-17/h6-13,16H,14-15H2,1-5H3,(H,27,31)(H,28,32)(H,26,29,30). The first kappa shape index (κ1) is 24.8. The summed E-state index contributed by atoms with van der Waals surface area (Å²) in [5.41, 5.74) is 1.19. The predicted octanol–water partition coefficient (Wildman–Crippen LogP) is 3.78. The van der Waals surface area contributed by atoms with Gasteiger partial charge in [-0.3, -0.25) is 4.79 Å². The van der Waals surface area contributed by atoms with Gasteiger partial charge in [0.25, 0.3) is 0 Å². The summed E-state index contributed by atoms with van der Waals surface area (Å²) in [4.78, 5) is 33.6. The van der Waals surface area contributed by atoms with Gasteiger partial charge in [0.1, 0.15) is 23.2 Å². The molecule has 0 saturated carbocycles. The highest BCUT2D eigenvalue weighted by Crippen LogP contribution is 2.21. The van der Waals surface area contributed by atoms with E-state index in [1.165, 1.54) is 0 Å². The van der Waals surface area contributed by atoms with E-state index in [-0.39, 0.29) is 12.5 Å². The third-order valence-electron chi connectivity index (χ3n) is 4.82. The number of benzene rings is 2. The number of anilines is 1. The summed E-state index contributed by atoms with van der Waals surface area (Å²) >= 11 is 0. The Morgan fingerprint density at radius 2 is 1.71 bits per heavy atom. The highest BCUT2D eigenvalue weighted by atomic mass is 16.6. The van der Waals surface area contributed by atoms with E-state index in [9.17, 15) is 9.59 Å². The van der Waals surface area contributed by atoms with Crippen molar-refractivity contribution in [3.8, 4) is 5.75 Å². The zero-order valence-corrected chi connectivity index (χ0v) is 20.1. The van der Waals surface area contributed by atoms with E-state index < -0.39 is 17.7 Å². The summed E-state index contributed by atoms with van der Waals surface area (Å²) in [6.07, 6.45) is -0.651. The van der Waals surface area contributed by atoms with Crippen molar-refractivity contribution in [2.75, 3.05) is 12.4 Å². The van der Waals surface area contributed by atoms with Crippen molar-refractivity contribution in [1.82, 2.24) is 20.6 Å². The van der Waals surface area contributed by atoms with Crippen molar-refractivity contribution < 1.29 is 19.1 Å². The molecule has 1 atom stereocenters. The van der Waals surface area contributed by atoms with Crippen LogP contribution in [-0.4, -0.2) is 40.7 Å². The number of carbonyl (C=O) groups is 2. The first-order chi connectivity index (χ1) is 16.1. The van der Waals surface area contributed by atoms with Gasteiger partial charge in [0.15, 0.2) is 5.82 Å². The highest BCUT2D eigenvalue weighted by molar-refractivity contribution is 5.89. The molecule has 9 heteroatoms. The molecule has 3 N–H and O–H groups in total. The van der Waals surface area contributed by atoms with Gasteiger partial charge < -0.3 is 25.4 Å². The molecular formula is C25H31N5O4. The van der Waals surface area contributed by atoms with Gasteiger partial charge in [-0.2, -0.15) is 0 Å². The number of amides is 2. The monoisotopic (exact) mass is 465 g/mol. The number of fused-ring (bicyclic) bond motifs is 1. The fourth-order valence-corrected chi connectivity index (χ4v) is 3.14. The second-order valence-electron chi connectivity index (χ2n) is 8.79.